The lowest BCUT2D eigenvalue weighted by Gasteiger charge is -2.36. The first-order chi connectivity index (χ1) is 10.8. The molecule has 1 rings (SSSR count). The van der Waals surface area contributed by atoms with E-state index in [0.29, 0.717) is 6.04 Å². The molecule has 4 nitrogen and oxygen atoms in total. The molecule has 1 unspecified atom stereocenters. The van der Waals surface area contributed by atoms with Crippen LogP contribution in [0.2, 0.25) is 0 Å². The Morgan fingerprint density at radius 2 is 1.83 bits per heavy atom. The molecule has 0 radical (unpaired) electrons. The Morgan fingerprint density at radius 3 is 2.30 bits per heavy atom. The van der Waals surface area contributed by atoms with E-state index in [1.807, 2.05) is 27.7 Å². The molecule has 0 amide bonds. The van der Waals surface area contributed by atoms with E-state index in [-0.39, 0.29) is 17.8 Å². The van der Waals surface area contributed by atoms with Gasteiger partial charge in [0.15, 0.2) is 0 Å². The average Bonchev–Trinajstić information content (AvgIpc) is 2.49. The minimum atomic E-state index is -0.415. The van der Waals surface area contributed by atoms with Gasteiger partial charge in [0, 0.05) is 12.0 Å². The smallest absolute Gasteiger partial charge is 0.309 e. The van der Waals surface area contributed by atoms with E-state index in [2.05, 4.69) is 11.8 Å². The van der Waals surface area contributed by atoms with Crippen LogP contribution in [-0.2, 0) is 14.3 Å². The van der Waals surface area contributed by atoms with Crippen LogP contribution in [0.3, 0.4) is 0 Å². The lowest BCUT2D eigenvalue weighted by Crippen LogP contribution is -2.40. The lowest BCUT2D eigenvalue weighted by molar-refractivity contribution is -0.159. The largest absolute Gasteiger partial charge is 0.460 e. The third-order valence-electron chi connectivity index (χ3n) is 4.62. The summed E-state index contributed by atoms with van der Waals surface area (Å²) in [5.74, 6) is 0.0916. The molecular weight excluding hydrogens is 290 g/mol. The van der Waals surface area contributed by atoms with Crippen molar-refractivity contribution in [1.82, 2.24) is 4.90 Å². The summed E-state index contributed by atoms with van der Waals surface area (Å²) in [6.07, 6.45) is 7.29. The van der Waals surface area contributed by atoms with Gasteiger partial charge in [0.25, 0.3) is 0 Å². The second kappa shape index (κ2) is 9.41. The number of hydrogen-bond acceptors (Lipinski definition) is 4. The summed E-state index contributed by atoms with van der Waals surface area (Å²) < 4.78 is 5.47. The second-order valence-corrected chi connectivity index (χ2v) is 7.96. The SMILES string of the molecule is CCCN(CCC(C)C(=O)OC(C)(C)C)[C@H]1CC[C@H](C=O)CC1. The quantitative estimate of drug-likeness (QED) is 0.503. The first-order valence-corrected chi connectivity index (χ1v) is 9.19. The molecule has 1 aliphatic rings. The summed E-state index contributed by atoms with van der Waals surface area (Å²) in [5.41, 5.74) is -0.415. The molecule has 0 aromatic heterocycles. The van der Waals surface area contributed by atoms with Crippen LogP contribution < -0.4 is 0 Å². The molecule has 0 saturated heterocycles. The monoisotopic (exact) mass is 325 g/mol. The van der Waals surface area contributed by atoms with Crippen LogP contribution in [0.1, 0.15) is 73.1 Å². The highest BCUT2D eigenvalue weighted by atomic mass is 16.6. The second-order valence-electron chi connectivity index (χ2n) is 7.96. The fourth-order valence-corrected chi connectivity index (χ4v) is 3.25. The van der Waals surface area contributed by atoms with Gasteiger partial charge in [-0.1, -0.05) is 13.8 Å². The van der Waals surface area contributed by atoms with Gasteiger partial charge in [0.05, 0.1) is 5.92 Å². The molecule has 1 atom stereocenters. The normalized spacial score (nSPS) is 23.6. The van der Waals surface area contributed by atoms with Crippen molar-refractivity contribution in [3.8, 4) is 0 Å². The van der Waals surface area contributed by atoms with Gasteiger partial charge in [0.2, 0.25) is 0 Å². The zero-order valence-corrected chi connectivity index (χ0v) is 15.6. The predicted octanol–water partition coefficient (Wildman–Crippen LogP) is 3.82. The summed E-state index contributed by atoms with van der Waals surface area (Å²) >= 11 is 0. The van der Waals surface area contributed by atoms with E-state index in [4.69, 9.17) is 4.74 Å². The molecule has 0 spiro atoms. The van der Waals surface area contributed by atoms with Crippen molar-refractivity contribution in [2.45, 2.75) is 84.8 Å². The van der Waals surface area contributed by atoms with Gasteiger partial charge >= 0.3 is 5.97 Å². The lowest BCUT2D eigenvalue weighted by atomic mass is 9.86. The van der Waals surface area contributed by atoms with Gasteiger partial charge in [-0.05, 0) is 72.4 Å². The first kappa shape index (κ1) is 20.1. The molecule has 23 heavy (non-hydrogen) atoms. The summed E-state index contributed by atoms with van der Waals surface area (Å²) in [6, 6.07) is 0.567. The molecule has 0 bridgehead atoms. The Kier molecular flexibility index (Phi) is 8.24. The van der Waals surface area contributed by atoms with Crippen molar-refractivity contribution in [1.29, 1.82) is 0 Å². The molecule has 0 N–H and O–H groups in total. The van der Waals surface area contributed by atoms with Crippen molar-refractivity contribution >= 4 is 12.3 Å². The van der Waals surface area contributed by atoms with Crippen LogP contribution >= 0.6 is 0 Å². The number of carbonyl (C=O) groups excluding carboxylic acids is 2. The number of hydrogen-bond donors (Lipinski definition) is 0. The number of nitrogens with zero attached hydrogens (tertiary/aromatic N) is 1. The van der Waals surface area contributed by atoms with Gasteiger partial charge in [-0.15, -0.1) is 0 Å². The topological polar surface area (TPSA) is 46.6 Å². The van der Waals surface area contributed by atoms with Crippen LogP contribution in [-0.4, -0.2) is 41.9 Å². The molecule has 4 heteroatoms. The van der Waals surface area contributed by atoms with Crippen LogP contribution in [0.4, 0.5) is 0 Å². The maximum Gasteiger partial charge on any atom is 0.309 e. The Hall–Kier alpha value is -0.900. The Balaban J connectivity index is 2.46. The molecule has 1 saturated carbocycles. The molecule has 134 valence electrons. The highest BCUT2D eigenvalue weighted by Gasteiger charge is 2.27. The van der Waals surface area contributed by atoms with Crippen LogP contribution in [0.15, 0.2) is 0 Å². The maximum absolute atomic E-state index is 12.1. The highest BCUT2D eigenvalue weighted by Crippen LogP contribution is 2.27. The number of rotatable bonds is 8. The summed E-state index contributed by atoms with van der Waals surface area (Å²) in [7, 11) is 0. The van der Waals surface area contributed by atoms with E-state index in [1.165, 1.54) is 0 Å². The third-order valence-corrected chi connectivity index (χ3v) is 4.62. The Labute approximate surface area is 141 Å². The molecule has 1 fully saturated rings. The van der Waals surface area contributed by atoms with Gasteiger partial charge < -0.3 is 14.4 Å². The molecule has 0 aliphatic heterocycles. The summed E-state index contributed by atoms with van der Waals surface area (Å²) in [6.45, 7) is 11.9. The van der Waals surface area contributed by atoms with E-state index < -0.39 is 5.60 Å². The van der Waals surface area contributed by atoms with E-state index in [0.717, 1.165) is 57.9 Å². The molecule has 0 aromatic carbocycles. The molecule has 0 heterocycles. The third kappa shape index (κ3) is 7.47. The van der Waals surface area contributed by atoms with Crippen molar-refractivity contribution in [3.63, 3.8) is 0 Å². The predicted molar refractivity (Wildman–Crippen MR) is 93.3 cm³/mol. The number of ether oxygens (including phenoxy) is 1. The van der Waals surface area contributed by atoms with Crippen LogP contribution in [0, 0.1) is 11.8 Å². The van der Waals surface area contributed by atoms with Gasteiger partial charge in [0.1, 0.15) is 11.9 Å². The number of carbonyl (C=O) groups is 2. The standard InChI is InChI=1S/C19H35NO3/c1-6-12-20(17-9-7-16(14-21)8-10-17)13-11-15(2)18(22)23-19(3,4)5/h14-17H,6-13H2,1-5H3/t15?,16-,17-. The summed E-state index contributed by atoms with van der Waals surface area (Å²) in [5, 5.41) is 0. The number of esters is 1. The Bertz CT molecular complexity index is 367. The Morgan fingerprint density at radius 1 is 1.22 bits per heavy atom. The molecule has 0 aromatic rings. The molecular formula is C19H35NO3. The average molecular weight is 325 g/mol. The van der Waals surface area contributed by atoms with E-state index >= 15 is 0 Å². The van der Waals surface area contributed by atoms with Crippen molar-refractivity contribution in [2.75, 3.05) is 13.1 Å². The highest BCUT2D eigenvalue weighted by molar-refractivity contribution is 5.72. The first-order valence-electron chi connectivity index (χ1n) is 9.19. The van der Waals surface area contributed by atoms with Gasteiger partial charge in [-0.25, -0.2) is 0 Å². The van der Waals surface area contributed by atoms with Gasteiger partial charge in [-0.3, -0.25) is 4.79 Å². The zero-order valence-electron chi connectivity index (χ0n) is 15.6. The fraction of sp³-hybridized carbons (Fsp3) is 0.895. The van der Waals surface area contributed by atoms with E-state index in [9.17, 15) is 9.59 Å². The minimum Gasteiger partial charge on any atom is -0.460 e. The fourth-order valence-electron chi connectivity index (χ4n) is 3.25. The maximum atomic E-state index is 12.1. The summed E-state index contributed by atoms with van der Waals surface area (Å²) in [4.78, 5) is 25.5. The van der Waals surface area contributed by atoms with Gasteiger partial charge in [-0.2, -0.15) is 0 Å². The molecule has 1 aliphatic carbocycles. The van der Waals surface area contributed by atoms with Crippen molar-refractivity contribution in [3.05, 3.63) is 0 Å². The van der Waals surface area contributed by atoms with E-state index in [1.54, 1.807) is 0 Å². The minimum absolute atomic E-state index is 0.0695. The van der Waals surface area contributed by atoms with Crippen LogP contribution in [0.5, 0.6) is 0 Å². The zero-order chi connectivity index (χ0) is 17.5. The van der Waals surface area contributed by atoms with Crippen molar-refractivity contribution in [2.24, 2.45) is 11.8 Å². The van der Waals surface area contributed by atoms with Crippen molar-refractivity contribution < 1.29 is 14.3 Å². The number of aldehydes is 1. The van der Waals surface area contributed by atoms with Crippen LogP contribution in [0.25, 0.3) is 0 Å².